The Labute approximate surface area is 138 Å². The van der Waals surface area contributed by atoms with Gasteiger partial charge in [-0.05, 0) is 24.5 Å². The van der Waals surface area contributed by atoms with Crippen molar-refractivity contribution in [3.05, 3.63) is 42.1 Å². The van der Waals surface area contributed by atoms with E-state index in [-0.39, 0.29) is 5.75 Å². The van der Waals surface area contributed by atoms with Crippen LogP contribution in [-0.4, -0.2) is 36.1 Å². The second-order valence-corrected chi connectivity index (χ2v) is 8.27. The largest absolute Gasteiger partial charge is 0.350 e. The topological polar surface area (TPSA) is 42.3 Å². The summed E-state index contributed by atoms with van der Waals surface area (Å²) in [5.74, 6) is 0.265. The summed E-state index contributed by atoms with van der Waals surface area (Å²) in [5.41, 5.74) is 3.69. The van der Waals surface area contributed by atoms with E-state index in [1.54, 1.807) is 4.31 Å². The van der Waals surface area contributed by atoms with Gasteiger partial charge in [-0.2, -0.15) is 4.31 Å². The first kappa shape index (κ1) is 16.3. The summed E-state index contributed by atoms with van der Waals surface area (Å²) >= 11 is 0. The minimum atomic E-state index is -3.10. The smallest absolute Gasteiger partial charge is 0.214 e. The molecule has 0 aliphatic carbocycles. The lowest BCUT2D eigenvalue weighted by atomic mass is 10.00. The van der Waals surface area contributed by atoms with Crippen LogP contribution < -0.4 is 0 Å². The zero-order valence-electron chi connectivity index (χ0n) is 13.8. The van der Waals surface area contributed by atoms with Crippen LogP contribution in [0.15, 0.2) is 36.5 Å². The molecule has 0 saturated heterocycles. The highest BCUT2D eigenvalue weighted by Gasteiger charge is 2.24. The molecule has 0 spiro atoms. The summed E-state index contributed by atoms with van der Waals surface area (Å²) in [6.45, 7) is 3.09. The number of sulfonamides is 1. The van der Waals surface area contributed by atoms with Crippen molar-refractivity contribution in [2.75, 3.05) is 18.8 Å². The van der Waals surface area contributed by atoms with Crippen LogP contribution in [0.1, 0.15) is 31.7 Å². The lowest BCUT2D eigenvalue weighted by Gasteiger charge is -2.25. The Bertz CT molecular complexity index is 834. The van der Waals surface area contributed by atoms with Gasteiger partial charge in [-0.15, -0.1) is 0 Å². The van der Waals surface area contributed by atoms with Gasteiger partial charge in [-0.1, -0.05) is 37.6 Å². The predicted octanol–water partition coefficient (Wildman–Crippen LogP) is 3.40. The third-order valence-corrected chi connectivity index (χ3v) is 6.49. The number of nitrogens with zero attached hydrogens (tertiary/aromatic N) is 2. The van der Waals surface area contributed by atoms with Gasteiger partial charge in [0.2, 0.25) is 10.0 Å². The van der Waals surface area contributed by atoms with E-state index in [2.05, 4.69) is 42.1 Å². The predicted molar refractivity (Wildman–Crippen MR) is 95.8 cm³/mol. The van der Waals surface area contributed by atoms with Crippen molar-refractivity contribution in [3.8, 4) is 0 Å². The SMILES string of the molecule is CCCCS(=O)(=O)N1CC=C(c2cn(C)c3ccccc23)CC1. The molecule has 0 fully saturated rings. The maximum Gasteiger partial charge on any atom is 0.214 e. The Kier molecular flexibility index (Phi) is 4.60. The summed E-state index contributed by atoms with van der Waals surface area (Å²) in [6.07, 6.45) is 6.65. The Morgan fingerprint density at radius 1 is 1.22 bits per heavy atom. The average Bonchev–Trinajstić information content (AvgIpc) is 2.91. The van der Waals surface area contributed by atoms with Gasteiger partial charge >= 0.3 is 0 Å². The molecule has 0 radical (unpaired) electrons. The number of benzene rings is 1. The zero-order chi connectivity index (χ0) is 16.4. The van der Waals surface area contributed by atoms with Crippen LogP contribution in [0, 0.1) is 0 Å². The highest BCUT2D eigenvalue weighted by molar-refractivity contribution is 7.89. The molecule has 3 rings (SSSR count). The van der Waals surface area contributed by atoms with Crippen LogP contribution in [0.3, 0.4) is 0 Å². The summed E-state index contributed by atoms with van der Waals surface area (Å²) in [5, 5.41) is 1.24. The van der Waals surface area contributed by atoms with Crippen LogP contribution in [-0.2, 0) is 17.1 Å². The molecular formula is C18H24N2O2S. The van der Waals surface area contributed by atoms with Crippen LogP contribution >= 0.6 is 0 Å². The highest BCUT2D eigenvalue weighted by Crippen LogP contribution is 2.31. The molecule has 0 atom stereocenters. The molecule has 4 nitrogen and oxygen atoms in total. The monoisotopic (exact) mass is 332 g/mol. The third kappa shape index (κ3) is 3.21. The minimum absolute atomic E-state index is 0.265. The van der Waals surface area contributed by atoms with E-state index in [4.69, 9.17) is 0 Å². The Balaban J connectivity index is 1.84. The fourth-order valence-electron chi connectivity index (χ4n) is 3.20. The molecule has 124 valence electrons. The van der Waals surface area contributed by atoms with Gasteiger partial charge in [0.05, 0.1) is 5.75 Å². The van der Waals surface area contributed by atoms with E-state index in [0.29, 0.717) is 13.1 Å². The van der Waals surface area contributed by atoms with Gasteiger partial charge in [-0.3, -0.25) is 0 Å². The molecule has 1 aliphatic rings. The fraction of sp³-hybridized carbons (Fsp3) is 0.444. The molecule has 0 saturated carbocycles. The van der Waals surface area contributed by atoms with E-state index in [1.165, 1.54) is 22.0 Å². The maximum absolute atomic E-state index is 12.3. The molecule has 1 aliphatic heterocycles. The minimum Gasteiger partial charge on any atom is -0.350 e. The first-order valence-corrected chi connectivity index (χ1v) is 9.85. The van der Waals surface area contributed by atoms with Gasteiger partial charge in [0.15, 0.2) is 0 Å². The summed E-state index contributed by atoms with van der Waals surface area (Å²) < 4.78 is 28.4. The molecule has 0 bridgehead atoms. The number of aryl methyl sites for hydroxylation is 1. The lowest BCUT2D eigenvalue weighted by Crippen LogP contribution is -2.36. The second kappa shape index (κ2) is 6.49. The first-order chi connectivity index (χ1) is 11.0. The number of aromatic nitrogens is 1. The van der Waals surface area contributed by atoms with Crippen LogP contribution in [0.2, 0.25) is 0 Å². The van der Waals surface area contributed by atoms with Gasteiger partial charge in [0, 0.05) is 42.8 Å². The summed E-state index contributed by atoms with van der Waals surface area (Å²) in [6, 6.07) is 8.35. The number of hydrogen-bond donors (Lipinski definition) is 0. The normalized spacial score (nSPS) is 16.7. The molecule has 0 amide bonds. The molecule has 5 heteroatoms. The Morgan fingerprint density at radius 3 is 2.70 bits per heavy atom. The molecule has 1 aromatic heterocycles. The Hall–Kier alpha value is -1.59. The van der Waals surface area contributed by atoms with Gasteiger partial charge in [-0.25, -0.2) is 8.42 Å². The van der Waals surface area contributed by atoms with Crippen molar-refractivity contribution >= 4 is 26.5 Å². The Morgan fingerprint density at radius 2 is 2.00 bits per heavy atom. The first-order valence-electron chi connectivity index (χ1n) is 8.24. The van der Waals surface area contributed by atoms with Crippen molar-refractivity contribution < 1.29 is 8.42 Å². The van der Waals surface area contributed by atoms with Crippen molar-refractivity contribution in [1.29, 1.82) is 0 Å². The van der Waals surface area contributed by atoms with Crippen molar-refractivity contribution in [2.24, 2.45) is 7.05 Å². The van der Waals surface area contributed by atoms with Crippen molar-refractivity contribution in [2.45, 2.75) is 26.2 Å². The van der Waals surface area contributed by atoms with Gasteiger partial charge < -0.3 is 4.57 Å². The summed E-state index contributed by atoms with van der Waals surface area (Å²) in [7, 11) is -1.05. The number of hydrogen-bond acceptors (Lipinski definition) is 2. The van der Waals surface area contributed by atoms with Crippen LogP contribution in [0.25, 0.3) is 16.5 Å². The van der Waals surface area contributed by atoms with Gasteiger partial charge in [0.25, 0.3) is 0 Å². The quantitative estimate of drug-likeness (QED) is 0.842. The maximum atomic E-state index is 12.3. The third-order valence-electron chi connectivity index (χ3n) is 4.56. The number of rotatable bonds is 5. The second-order valence-electron chi connectivity index (χ2n) is 6.18. The van der Waals surface area contributed by atoms with E-state index in [0.717, 1.165) is 19.3 Å². The molecule has 0 unspecified atom stereocenters. The number of para-hydroxylation sites is 1. The number of unbranched alkanes of at least 4 members (excludes halogenated alkanes) is 1. The molecule has 2 aromatic rings. The molecule has 1 aromatic carbocycles. The van der Waals surface area contributed by atoms with E-state index >= 15 is 0 Å². The van der Waals surface area contributed by atoms with Crippen LogP contribution in [0.5, 0.6) is 0 Å². The van der Waals surface area contributed by atoms with Crippen LogP contribution in [0.4, 0.5) is 0 Å². The van der Waals surface area contributed by atoms with E-state index in [1.807, 2.05) is 13.0 Å². The van der Waals surface area contributed by atoms with E-state index in [9.17, 15) is 8.42 Å². The van der Waals surface area contributed by atoms with Crippen molar-refractivity contribution in [3.63, 3.8) is 0 Å². The number of fused-ring (bicyclic) bond motifs is 1. The van der Waals surface area contributed by atoms with Gasteiger partial charge in [0.1, 0.15) is 0 Å². The van der Waals surface area contributed by atoms with Crippen molar-refractivity contribution in [1.82, 2.24) is 8.87 Å². The lowest BCUT2D eigenvalue weighted by molar-refractivity contribution is 0.440. The fourth-order valence-corrected chi connectivity index (χ4v) is 4.78. The zero-order valence-corrected chi connectivity index (χ0v) is 14.6. The molecule has 23 heavy (non-hydrogen) atoms. The molecule has 0 N–H and O–H groups in total. The van der Waals surface area contributed by atoms with E-state index < -0.39 is 10.0 Å². The summed E-state index contributed by atoms with van der Waals surface area (Å²) in [4.78, 5) is 0. The average molecular weight is 332 g/mol. The molecule has 2 heterocycles. The highest BCUT2D eigenvalue weighted by atomic mass is 32.2. The molecular weight excluding hydrogens is 308 g/mol. The standard InChI is InChI=1S/C18H24N2O2S/c1-3-4-13-23(21,22)20-11-9-15(10-12-20)17-14-19(2)18-8-6-5-7-16(17)18/h5-9,14H,3-4,10-13H2,1-2H3.